The molecule has 0 amide bonds. The highest BCUT2D eigenvalue weighted by atomic mass is 16.5. The van der Waals surface area contributed by atoms with Gasteiger partial charge in [-0.15, -0.1) is 0 Å². The maximum atomic E-state index is 6.16. The molecule has 3 aliphatic rings. The van der Waals surface area contributed by atoms with E-state index in [0.29, 0.717) is 18.8 Å². The number of nitrogens with zero attached hydrogens (tertiary/aromatic N) is 2. The lowest BCUT2D eigenvalue weighted by atomic mass is 9.72. The molecule has 0 aromatic carbocycles. The minimum absolute atomic E-state index is 0.103. The topological polar surface area (TPSA) is 43.8 Å². The second kappa shape index (κ2) is 7.38. The first-order chi connectivity index (χ1) is 11.9. The molecule has 0 radical (unpaired) electrons. The van der Waals surface area contributed by atoms with E-state index in [9.17, 15) is 0 Å². The molecule has 3 fully saturated rings. The van der Waals surface area contributed by atoms with Gasteiger partial charge in [-0.1, -0.05) is 6.07 Å². The molecule has 0 aliphatic carbocycles. The van der Waals surface area contributed by atoms with Crippen molar-refractivity contribution in [3.05, 3.63) is 24.4 Å². The average molecular weight is 332 g/mol. The first kappa shape index (κ1) is 16.3. The normalized spacial score (nSPS) is 32.2. The van der Waals surface area contributed by atoms with Gasteiger partial charge in [-0.2, -0.15) is 0 Å². The van der Waals surface area contributed by atoms with E-state index in [2.05, 4.69) is 9.88 Å². The molecule has 0 bridgehead atoms. The summed E-state index contributed by atoms with van der Waals surface area (Å²) >= 11 is 0. The fraction of sp³-hybridized carbons (Fsp3) is 0.737. The van der Waals surface area contributed by atoms with Gasteiger partial charge in [-0.3, -0.25) is 4.90 Å². The molecule has 24 heavy (non-hydrogen) atoms. The molecule has 132 valence electrons. The van der Waals surface area contributed by atoms with Gasteiger partial charge in [0.2, 0.25) is 5.88 Å². The van der Waals surface area contributed by atoms with E-state index < -0.39 is 0 Å². The summed E-state index contributed by atoms with van der Waals surface area (Å²) in [5.74, 6) is 0.722. The first-order valence-electron chi connectivity index (χ1n) is 9.33. The van der Waals surface area contributed by atoms with Crippen LogP contribution >= 0.6 is 0 Å². The van der Waals surface area contributed by atoms with E-state index in [4.69, 9.17) is 14.2 Å². The smallest absolute Gasteiger partial charge is 0.213 e. The molecule has 0 N–H and O–H groups in total. The molecule has 4 rings (SSSR count). The van der Waals surface area contributed by atoms with Gasteiger partial charge in [0.1, 0.15) is 0 Å². The Balaban J connectivity index is 1.47. The van der Waals surface area contributed by atoms with Gasteiger partial charge in [0, 0.05) is 56.6 Å². The average Bonchev–Trinajstić information content (AvgIpc) is 2.67. The highest BCUT2D eigenvalue weighted by molar-refractivity contribution is 5.10. The van der Waals surface area contributed by atoms with E-state index in [-0.39, 0.29) is 5.41 Å². The summed E-state index contributed by atoms with van der Waals surface area (Å²) in [6, 6.07) is 6.50. The highest BCUT2D eigenvalue weighted by Gasteiger charge is 2.47. The van der Waals surface area contributed by atoms with Crippen LogP contribution in [0.4, 0.5) is 0 Å². The second-order valence-electron chi connectivity index (χ2n) is 7.38. The third-order valence-corrected chi connectivity index (χ3v) is 5.87. The summed E-state index contributed by atoms with van der Waals surface area (Å²) in [7, 11) is 0. The zero-order chi connectivity index (χ0) is 16.2. The number of aromatic nitrogens is 1. The van der Waals surface area contributed by atoms with Crippen LogP contribution in [0.2, 0.25) is 0 Å². The Morgan fingerprint density at radius 3 is 2.96 bits per heavy atom. The Kier molecular flexibility index (Phi) is 5.01. The molecule has 1 aromatic heterocycles. The van der Waals surface area contributed by atoms with Crippen molar-refractivity contribution in [3.8, 4) is 5.88 Å². The molecule has 5 heteroatoms. The van der Waals surface area contributed by atoms with Gasteiger partial charge < -0.3 is 14.2 Å². The maximum absolute atomic E-state index is 6.16. The van der Waals surface area contributed by atoms with Gasteiger partial charge in [-0.05, 0) is 38.2 Å². The Morgan fingerprint density at radius 1 is 1.21 bits per heavy atom. The molecule has 1 aromatic rings. The van der Waals surface area contributed by atoms with Gasteiger partial charge in [0.05, 0.1) is 12.7 Å². The number of ether oxygens (including phenoxy) is 3. The SMILES string of the molecule is c1ccc(OC[C@]23CCCO[C@@H]2CCN(C2CCOCC2)C3)nc1. The maximum Gasteiger partial charge on any atom is 0.213 e. The van der Waals surface area contributed by atoms with Crippen molar-refractivity contribution in [3.63, 3.8) is 0 Å². The van der Waals surface area contributed by atoms with Crippen LogP contribution in [0, 0.1) is 5.41 Å². The second-order valence-corrected chi connectivity index (χ2v) is 7.38. The lowest BCUT2D eigenvalue weighted by molar-refractivity contribution is -0.149. The summed E-state index contributed by atoms with van der Waals surface area (Å²) in [6.45, 7) is 5.62. The van der Waals surface area contributed by atoms with E-state index in [1.165, 1.54) is 6.42 Å². The van der Waals surface area contributed by atoms with Crippen LogP contribution in [0.5, 0.6) is 5.88 Å². The molecule has 3 aliphatic heterocycles. The third kappa shape index (κ3) is 3.44. The minimum atomic E-state index is 0.103. The first-order valence-corrected chi connectivity index (χ1v) is 9.33. The van der Waals surface area contributed by atoms with Crippen molar-refractivity contribution in [1.29, 1.82) is 0 Å². The van der Waals surface area contributed by atoms with Crippen molar-refractivity contribution >= 4 is 0 Å². The number of fused-ring (bicyclic) bond motifs is 1. The molecule has 5 nitrogen and oxygen atoms in total. The van der Waals surface area contributed by atoms with Crippen LogP contribution in [0.25, 0.3) is 0 Å². The number of pyridine rings is 1. The van der Waals surface area contributed by atoms with Crippen LogP contribution in [0.1, 0.15) is 32.1 Å². The van der Waals surface area contributed by atoms with Gasteiger partial charge in [0.15, 0.2) is 0 Å². The standard InChI is InChI=1S/C19H28N2O3/c1-2-9-20-18(4-1)24-15-19-8-3-11-23-17(19)5-10-21(14-19)16-6-12-22-13-7-16/h1-2,4,9,16-17H,3,5-8,10-15H2/t17-,19-/m1/s1. The third-order valence-electron chi connectivity index (χ3n) is 5.87. The molecule has 0 unspecified atom stereocenters. The van der Waals surface area contributed by atoms with Crippen molar-refractivity contribution in [1.82, 2.24) is 9.88 Å². The predicted molar refractivity (Wildman–Crippen MR) is 91.2 cm³/mol. The lowest BCUT2D eigenvalue weighted by Gasteiger charge is -2.52. The Hall–Kier alpha value is -1.17. The Bertz CT molecular complexity index is 521. The fourth-order valence-electron chi connectivity index (χ4n) is 4.55. The Morgan fingerprint density at radius 2 is 2.12 bits per heavy atom. The van der Waals surface area contributed by atoms with Crippen LogP contribution in [-0.2, 0) is 9.47 Å². The summed E-state index contributed by atoms with van der Waals surface area (Å²) < 4.78 is 17.8. The molecule has 4 heterocycles. The highest BCUT2D eigenvalue weighted by Crippen LogP contribution is 2.41. The Labute approximate surface area is 144 Å². The van der Waals surface area contributed by atoms with Gasteiger partial charge >= 0.3 is 0 Å². The van der Waals surface area contributed by atoms with Crippen LogP contribution in [0.15, 0.2) is 24.4 Å². The van der Waals surface area contributed by atoms with E-state index >= 15 is 0 Å². The fourth-order valence-corrected chi connectivity index (χ4v) is 4.55. The largest absolute Gasteiger partial charge is 0.477 e. The molecule has 3 saturated heterocycles. The summed E-state index contributed by atoms with van der Waals surface area (Å²) in [5, 5.41) is 0. The number of hydrogen-bond donors (Lipinski definition) is 0. The number of hydrogen-bond acceptors (Lipinski definition) is 5. The van der Waals surface area contributed by atoms with Crippen molar-refractivity contribution in [2.75, 3.05) is 39.5 Å². The molecule has 2 atom stereocenters. The van der Waals surface area contributed by atoms with Crippen molar-refractivity contribution < 1.29 is 14.2 Å². The molecular formula is C19H28N2O3. The summed E-state index contributed by atoms with van der Waals surface area (Å²) in [6.07, 6.45) is 7.85. The molecular weight excluding hydrogens is 304 g/mol. The quantitative estimate of drug-likeness (QED) is 0.848. The number of rotatable bonds is 4. The van der Waals surface area contributed by atoms with Gasteiger partial charge in [-0.25, -0.2) is 4.98 Å². The van der Waals surface area contributed by atoms with E-state index in [0.717, 1.165) is 64.5 Å². The number of likely N-dealkylation sites (tertiary alicyclic amines) is 1. The minimum Gasteiger partial charge on any atom is -0.477 e. The van der Waals surface area contributed by atoms with Gasteiger partial charge in [0.25, 0.3) is 0 Å². The predicted octanol–water partition coefficient (Wildman–Crippen LogP) is 2.51. The zero-order valence-corrected chi connectivity index (χ0v) is 14.4. The van der Waals surface area contributed by atoms with Crippen molar-refractivity contribution in [2.24, 2.45) is 5.41 Å². The van der Waals surface area contributed by atoms with Crippen molar-refractivity contribution in [2.45, 2.75) is 44.2 Å². The zero-order valence-electron chi connectivity index (χ0n) is 14.4. The summed E-state index contributed by atoms with van der Waals surface area (Å²) in [4.78, 5) is 6.99. The van der Waals surface area contributed by atoms with Crippen LogP contribution in [0.3, 0.4) is 0 Å². The van der Waals surface area contributed by atoms with Crippen LogP contribution < -0.4 is 4.74 Å². The van der Waals surface area contributed by atoms with E-state index in [1.54, 1.807) is 6.20 Å². The monoisotopic (exact) mass is 332 g/mol. The molecule has 0 saturated carbocycles. The van der Waals surface area contributed by atoms with Crippen LogP contribution in [-0.4, -0.2) is 61.5 Å². The lowest BCUT2D eigenvalue weighted by Crippen LogP contribution is -2.59. The molecule has 0 spiro atoms. The van der Waals surface area contributed by atoms with E-state index in [1.807, 2.05) is 18.2 Å². The number of piperidine rings is 1. The summed E-state index contributed by atoms with van der Waals surface area (Å²) in [5.41, 5.74) is 0.103.